The van der Waals surface area contributed by atoms with Crippen LogP contribution in [0.25, 0.3) is 0 Å². The van der Waals surface area contributed by atoms with E-state index in [0.29, 0.717) is 6.04 Å². The van der Waals surface area contributed by atoms with Crippen LogP contribution in [0.1, 0.15) is 46.0 Å². The van der Waals surface area contributed by atoms with Gasteiger partial charge in [0, 0.05) is 19.0 Å². The highest BCUT2D eigenvalue weighted by atomic mass is 16.6. The smallest absolute Gasteiger partial charge is 0.114 e. The van der Waals surface area contributed by atoms with Crippen LogP contribution in [0.4, 0.5) is 0 Å². The first kappa shape index (κ1) is 11.9. The second-order valence-corrected chi connectivity index (χ2v) is 6.39. The summed E-state index contributed by atoms with van der Waals surface area (Å²) in [5.41, 5.74) is -0.227. The van der Waals surface area contributed by atoms with Crippen LogP contribution in [0, 0.1) is 5.92 Å². The largest absolute Gasteiger partial charge is 0.372 e. The number of nitrogens with one attached hydrogen (secondary N) is 1. The second-order valence-electron chi connectivity index (χ2n) is 6.39. The Bertz CT molecular complexity index is 288. The predicted octanol–water partition coefficient (Wildman–Crippen LogP) is 2.10. The van der Waals surface area contributed by atoms with E-state index in [4.69, 9.17) is 9.47 Å². The third-order valence-corrected chi connectivity index (χ3v) is 5.16. The molecule has 2 atom stereocenters. The van der Waals surface area contributed by atoms with E-state index in [1.807, 2.05) is 0 Å². The van der Waals surface area contributed by atoms with Crippen LogP contribution in [0.2, 0.25) is 0 Å². The maximum atomic E-state index is 6.24. The van der Waals surface area contributed by atoms with Crippen molar-refractivity contribution >= 4 is 0 Å². The molecule has 3 aliphatic rings. The maximum absolute atomic E-state index is 6.24. The third kappa shape index (κ3) is 1.83. The van der Waals surface area contributed by atoms with Gasteiger partial charge in [0.15, 0.2) is 0 Å². The molecule has 1 N–H and O–H groups in total. The molecule has 1 spiro atoms. The van der Waals surface area contributed by atoms with Gasteiger partial charge in [0.25, 0.3) is 0 Å². The van der Waals surface area contributed by atoms with Gasteiger partial charge in [0.1, 0.15) is 5.60 Å². The minimum atomic E-state index is -0.144. The molecular formula is C14H25NO2. The van der Waals surface area contributed by atoms with Crippen molar-refractivity contribution in [2.45, 2.75) is 63.2 Å². The molecule has 0 amide bonds. The highest BCUT2D eigenvalue weighted by molar-refractivity contribution is 5.10. The predicted molar refractivity (Wildman–Crippen MR) is 67.1 cm³/mol. The highest BCUT2D eigenvalue weighted by Crippen LogP contribution is 2.45. The van der Waals surface area contributed by atoms with Crippen molar-refractivity contribution in [1.29, 1.82) is 0 Å². The molecule has 3 heteroatoms. The molecule has 2 heterocycles. The van der Waals surface area contributed by atoms with Gasteiger partial charge in [-0.2, -0.15) is 0 Å². The lowest BCUT2D eigenvalue weighted by molar-refractivity contribution is -0.174. The Balaban J connectivity index is 1.78. The first-order chi connectivity index (χ1) is 8.14. The zero-order chi connectivity index (χ0) is 11.9. The van der Waals surface area contributed by atoms with Crippen LogP contribution in [0.5, 0.6) is 0 Å². The molecule has 3 fully saturated rings. The molecule has 1 aliphatic carbocycles. The number of hydrogen-bond acceptors (Lipinski definition) is 3. The Hall–Kier alpha value is -0.120. The van der Waals surface area contributed by atoms with E-state index in [-0.39, 0.29) is 11.2 Å². The fourth-order valence-electron chi connectivity index (χ4n) is 3.79. The Morgan fingerprint density at radius 1 is 1.18 bits per heavy atom. The summed E-state index contributed by atoms with van der Waals surface area (Å²) in [6.07, 6.45) is 6.56. The van der Waals surface area contributed by atoms with Gasteiger partial charge in [-0.05, 0) is 26.2 Å². The molecule has 1 saturated carbocycles. The van der Waals surface area contributed by atoms with Crippen LogP contribution in [-0.2, 0) is 9.47 Å². The lowest BCUT2D eigenvalue weighted by Crippen LogP contribution is -2.66. The van der Waals surface area contributed by atoms with E-state index in [2.05, 4.69) is 19.2 Å². The zero-order valence-electron chi connectivity index (χ0n) is 11.1. The normalized spacial score (nSPS) is 41.6. The standard InChI is InChI=1S/C14H25NO2/c1-13(2)14(6-8-16-13)12(15-7-9-17-14)10-11-4-3-5-11/h11-12,15H,3-10H2,1-2H3. The van der Waals surface area contributed by atoms with Crippen molar-refractivity contribution < 1.29 is 9.47 Å². The number of ether oxygens (including phenoxy) is 2. The van der Waals surface area contributed by atoms with Crippen LogP contribution >= 0.6 is 0 Å². The molecule has 3 nitrogen and oxygen atoms in total. The van der Waals surface area contributed by atoms with E-state index in [9.17, 15) is 0 Å². The fourth-order valence-corrected chi connectivity index (χ4v) is 3.79. The van der Waals surface area contributed by atoms with Crippen LogP contribution in [0.15, 0.2) is 0 Å². The third-order valence-electron chi connectivity index (χ3n) is 5.16. The lowest BCUT2D eigenvalue weighted by atomic mass is 9.71. The quantitative estimate of drug-likeness (QED) is 0.800. The van der Waals surface area contributed by atoms with Crippen LogP contribution in [0.3, 0.4) is 0 Å². The first-order valence-electron chi connectivity index (χ1n) is 7.15. The molecule has 98 valence electrons. The molecular weight excluding hydrogens is 214 g/mol. The van der Waals surface area contributed by atoms with Crippen LogP contribution < -0.4 is 5.32 Å². The van der Waals surface area contributed by atoms with Crippen molar-refractivity contribution in [1.82, 2.24) is 5.32 Å². The average molecular weight is 239 g/mol. The summed E-state index contributed by atoms with van der Waals surface area (Å²) in [4.78, 5) is 0. The Morgan fingerprint density at radius 2 is 2.00 bits per heavy atom. The molecule has 2 unspecified atom stereocenters. The molecule has 0 bridgehead atoms. The minimum absolute atomic E-state index is 0.0825. The Kier molecular flexibility index (Phi) is 2.96. The summed E-state index contributed by atoms with van der Waals surface area (Å²) in [5.74, 6) is 0.919. The summed E-state index contributed by atoms with van der Waals surface area (Å²) in [6, 6.07) is 0.485. The molecule has 17 heavy (non-hydrogen) atoms. The van der Waals surface area contributed by atoms with Gasteiger partial charge in [-0.3, -0.25) is 0 Å². The molecule has 2 saturated heterocycles. The fraction of sp³-hybridized carbons (Fsp3) is 1.00. The topological polar surface area (TPSA) is 30.5 Å². The Morgan fingerprint density at radius 3 is 2.59 bits per heavy atom. The SMILES string of the molecule is CC1(C)OCCC12OCCNC2CC1CCC1. The van der Waals surface area contributed by atoms with Gasteiger partial charge in [-0.1, -0.05) is 19.3 Å². The highest BCUT2D eigenvalue weighted by Gasteiger charge is 2.57. The van der Waals surface area contributed by atoms with E-state index >= 15 is 0 Å². The van der Waals surface area contributed by atoms with E-state index in [0.717, 1.165) is 32.1 Å². The summed E-state index contributed by atoms with van der Waals surface area (Å²) >= 11 is 0. The minimum Gasteiger partial charge on any atom is -0.372 e. The first-order valence-corrected chi connectivity index (χ1v) is 7.15. The van der Waals surface area contributed by atoms with Crippen molar-refractivity contribution in [2.75, 3.05) is 19.8 Å². The molecule has 3 rings (SSSR count). The van der Waals surface area contributed by atoms with Gasteiger partial charge in [0.05, 0.1) is 18.8 Å². The summed E-state index contributed by atoms with van der Waals surface area (Å²) in [7, 11) is 0. The second kappa shape index (κ2) is 4.22. The molecule has 0 aromatic heterocycles. The monoisotopic (exact) mass is 239 g/mol. The van der Waals surface area contributed by atoms with Crippen LogP contribution in [-0.4, -0.2) is 37.0 Å². The summed E-state index contributed by atoms with van der Waals surface area (Å²) < 4.78 is 12.2. The van der Waals surface area contributed by atoms with E-state index in [1.165, 1.54) is 25.7 Å². The number of morpholine rings is 1. The van der Waals surface area contributed by atoms with Crippen molar-refractivity contribution in [3.63, 3.8) is 0 Å². The zero-order valence-corrected chi connectivity index (χ0v) is 11.1. The van der Waals surface area contributed by atoms with Crippen molar-refractivity contribution in [3.05, 3.63) is 0 Å². The molecule has 2 aliphatic heterocycles. The van der Waals surface area contributed by atoms with Crippen molar-refractivity contribution in [3.8, 4) is 0 Å². The van der Waals surface area contributed by atoms with E-state index in [1.54, 1.807) is 0 Å². The van der Waals surface area contributed by atoms with Gasteiger partial charge < -0.3 is 14.8 Å². The number of rotatable bonds is 2. The Labute approximate surface area is 104 Å². The van der Waals surface area contributed by atoms with Gasteiger partial charge in [-0.15, -0.1) is 0 Å². The molecule has 0 radical (unpaired) electrons. The summed E-state index contributed by atoms with van der Waals surface area (Å²) in [6.45, 7) is 7.06. The molecule has 0 aromatic rings. The molecule has 0 aromatic carbocycles. The van der Waals surface area contributed by atoms with Gasteiger partial charge in [0.2, 0.25) is 0 Å². The lowest BCUT2D eigenvalue weighted by Gasteiger charge is -2.50. The average Bonchev–Trinajstić information content (AvgIpc) is 2.52. The van der Waals surface area contributed by atoms with Gasteiger partial charge >= 0.3 is 0 Å². The maximum Gasteiger partial charge on any atom is 0.114 e. The van der Waals surface area contributed by atoms with E-state index < -0.39 is 0 Å². The van der Waals surface area contributed by atoms with Gasteiger partial charge in [-0.25, -0.2) is 0 Å². The van der Waals surface area contributed by atoms with Crippen molar-refractivity contribution in [2.24, 2.45) is 5.92 Å². The number of hydrogen-bond donors (Lipinski definition) is 1. The summed E-state index contributed by atoms with van der Waals surface area (Å²) in [5, 5.41) is 3.70.